The molecule has 5 nitrogen and oxygen atoms in total. The fourth-order valence-corrected chi connectivity index (χ4v) is 5.21. The number of halogens is 1. The zero-order valence-electron chi connectivity index (χ0n) is 17.4. The summed E-state index contributed by atoms with van der Waals surface area (Å²) in [5.41, 5.74) is 4.89. The van der Waals surface area contributed by atoms with Gasteiger partial charge in [0.05, 0.1) is 12.0 Å². The van der Waals surface area contributed by atoms with E-state index in [-0.39, 0.29) is 0 Å². The Bertz CT molecular complexity index is 1160. The zero-order valence-corrected chi connectivity index (χ0v) is 19.0. The van der Waals surface area contributed by atoms with Crippen molar-refractivity contribution in [2.75, 3.05) is 25.1 Å². The third-order valence-corrected chi connectivity index (χ3v) is 7.32. The molecule has 4 rings (SSSR count). The van der Waals surface area contributed by atoms with Crippen LogP contribution in [0.3, 0.4) is 0 Å². The molecule has 0 aromatic heterocycles. The van der Waals surface area contributed by atoms with Crippen molar-refractivity contribution in [2.24, 2.45) is 0 Å². The largest absolute Gasteiger partial charge is 0.497 e. The second-order valence-electron chi connectivity index (χ2n) is 7.53. The Morgan fingerprint density at radius 2 is 1.74 bits per heavy atom. The molecule has 1 atom stereocenters. The summed E-state index contributed by atoms with van der Waals surface area (Å²) in [5, 5.41) is 0.718. The number of methoxy groups -OCH3 is 1. The van der Waals surface area contributed by atoms with Gasteiger partial charge in [0.25, 0.3) is 0 Å². The van der Waals surface area contributed by atoms with E-state index in [0.717, 1.165) is 36.5 Å². The molecular weight excluding hydrogens is 430 g/mol. The first-order chi connectivity index (χ1) is 15.0. The molecule has 0 radical (unpaired) electrons. The molecule has 1 aliphatic rings. The van der Waals surface area contributed by atoms with E-state index in [2.05, 4.69) is 40.0 Å². The molecule has 1 aliphatic heterocycles. The van der Waals surface area contributed by atoms with Crippen LogP contribution in [-0.2, 0) is 22.8 Å². The molecule has 162 valence electrons. The van der Waals surface area contributed by atoms with Crippen LogP contribution >= 0.6 is 11.6 Å². The number of benzene rings is 3. The number of para-hydroxylation sites is 1. The number of hydrogen-bond donors (Lipinski definition) is 2. The number of nitrogens with one attached hydrogen (secondary N) is 2. The molecule has 31 heavy (non-hydrogen) atoms. The van der Waals surface area contributed by atoms with Gasteiger partial charge < -0.3 is 9.64 Å². The average molecular weight is 456 g/mol. The first-order valence-corrected chi connectivity index (χ1v) is 12.2. The van der Waals surface area contributed by atoms with Crippen molar-refractivity contribution in [3.05, 3.63) is 82.9 Å². The predicted molar refractivity (Wildman–Crippen MR) is 127 cm³/mol. The number of hydrogen-bond acceptors (Lipinski definition) is 4. The number of anilines is 2. The summed E-state index contributed by atoms with van der Waals surface area (Å²) in [4.78, 5) is 2.75. The van der Waals surface area contributed by atoms with Gasteiger partial charge in [-0.2, -0.15) is 0 Å². The highest BCUT2D eigenvalue weighted by Crippen LogP contribution is 2.37. The fourth-order valence-electron chi connectivity index (χ4n) is 3.93. The monoisotopic (exact) mass is 455 g/mol. The molecule has 0 saturated heterocycles. The van der Waals surface area contributed by atoms with Crippen LogP contribution in [-0.4, -0.2) is 24.4 Å². The van der Waals surface area contributed by atoms with Crippen LogP contribution in [0.25, 0.3) is 0 Å². The van der Waals surface area contributed by atoms with E-state index in [4.69, 9.17) is 21.1 Å². The molecule has 1 unspecified atom stereocenters. The van der Waals surface area contributed by atoms with Gasteiger partial charge in [-0.25, -0.2) is 13.7 Å². The van der Waals surface area contributed by atoms with Crippen LogP contribution in [0.2, 0.25) is 5.02 Å². The maximum Gasteiger partial charge on any atom is 0.134 e. The quantitative estimate of drug-likeness (QED) is 0.456. The first kappa shape index (κ1) is 21.7. The topological polar surface area (TPSA) is 65.4 Å². The highest BCUT2D eigenvalue weighted by atomic mass is 35.5. The predicted octanol–water partition coefficient (Wildman–Crippen LogP) is 5.59. The molecule has 0 fully saturated rings. The van der Waals surface area contributed by atoms with Gasteiger partial charge in [0, 0.05) is 29.5 Å². The van der Waals surface area contributed by atoms with Crippen molar-refractivity contribution in [3.63, 3.8) is 0 Å². The average Bonchev–Trinajstić information content (AvgIpc) is 2.93. The van der Waals surface area contributed by atoms with Crippen LogP contribution < -0.4 is 14.4 Å². The Morgan fingerprint density at radius 3 is 2.48 bits per heavy atom. The fraction of sp³-hybridized carbons (Fsp3) is 0.250. The zero-order chi connectivity index (χ0) is 21.8. The summed E-state index contributed by atoms with van der Waals surface area (Å²) in [5.74, 6) is 0.677. The summed E-state index contributed by atoms with van der Waals surface area (Å²) in [7, 11) is -1.49. The molecule has 0 saturated carbocycles. The minimum Gasteiger partial charge on any atom is -0.497 e. The van der Waals surface area contributed by atoms with Gasteiger partial charge in [0.1, 0.15) is 15.7 Å². The van der Waals surface area contributed by atoms with Crippen LogP contribution in [0.15, 0.2) is 71.6 Å². The number of nitrogens with zero attached hydrogens (tertiary/aromatic N) is 1. The van der Waals surface area contributed by atoms with Crippen molar-refractivity contribution < 1.29 is 8.95 Å². The first-order valence-electron chi connectivity index (χ1n) is 10.3. The van der Waals surface area contributed by atoms with Gasteiger partial charge in [-0.05, 0) is 72.9 Å². The van der Waals surface area contributed by atoms with E-state index in [1.807, 2.05) is 12.1 Å². The number of aryl methyl sites for hydroxylation is 2. The van der Waals surface area contributed by atoms with Crippen molar-refractivity contribution in [1.82, 2.24) is 4.72 Å². The van der Waals surface area contributed by atoms with E-state index < -0.39 is 9.92 Å². The van der Waals surface area contributed by atoms with E-state index in [9.17, 15) is 4.21 Å². The number of ether oxygens (including phenoxy) is 1. The molecule has 1 heterocycles. The molecule has 0 bridgehead atoms. The van der Waals surface area contributed by atoms with Gasteiger partial charge in [-0.1, -0.05) is 35.9 Å². The summed E-state index contributed by atoms with van der Waals surface area (Å²) < 4.78 is 29.1. The SMILES string of the molecule is COc1ccc(S(=N)(=O)NCCCN2c3ccccc3CCc3ccc(Cl)cc32)cc1. The Labute approximate surface area is 189 Å². The maximum absolute atomic E-state index is 12.8. The van der Waals surface area contributed by atoms with Crippen LogP contribution in [0, 0.1) is 4.78 Å². The normalized spacial score (nSPS) is 14.8. The molecule has 3 aromatic carbocycles. The lowest BCUT2D eigenvalue weighted by Crippen LogP contribution is -2.27. The van der Waals surface area contributed by atoms with Crippen LogP contribution in [0.4, 0.5) is 11.4 Å². The van der Waals surface area contributed by atoms with Crippen LogP contribution in [0.5, 0.6) is 5.75 Å². The summed E-state index contributed by atoms with van der Waals surface area (Å²) in [6, 6.07) is 21.3. The minimum absolute atomic E-state index is 0.450. The van der Waals surface area contributed by atoms with Crippen molar-refractivity contribution in [3.8, 4) is 5.75 Å². The molecule has 0 spiro atoms. The lowest BCUT2D eigenvalue weighted by atomic mass is 10.0. The highest BCUT2D eigenvalue weighted by Gasteiger charge is 2.20. The standard InChI is InChI=1S/C24H26ClN3O2S/c1-30-21-11-13-22(14-12-21)31(26,29)27-15-4-16-28-23-6-3-2-5-18(23)7-8-19-9-10-20(25)17-24(19)28/h2-3,5-6,9-14,17H,4,7-8,15-16H2,1H3,(H2,26,27,29). The van der Waals surface area contributed by atoms with Crippen molar-refractivity contribution >= 4 is 32.9 Å². The number of fused-ring (bicyclic) bond motifs is 2. The van der Waals surface area contributed by atoms with Gasteiger partial charge in [-0.3, -0.25) is 0 Å². The summed E-state index contributed by atoms with van der Waals surface area (Å²) in [6.45, 7) is 1.19. The van der Waals surface area contributed by atoms with Gasteiger partial charge >= 0.3 is 0 Å². The number of rotatable bonds is 7. The lowest BCUT2D eigenvalue weighted by Gasteiger charge is -2.27. The third kappa shape index (κ3) is 4.87. The van der Waals surface area contributed by atoms with Crippen LogP contribution in [0.1, 0.15) is 17.5 Å². The summed E-state index contributed by atoms with van der Waals surface area (Å²) in [6.07, 6.45) is 2.68. The van der Waals surface area contributed by atoms with E-state index in [1.165, 1.54) is 16.8 Å². The second-order valence-corrected chi connectivity index (χ2v) is 9.84. The molecule has 0 amide bonds. The van der Waals surface area contributed by atoms with Gasteiger partial charge in [-0.15, -0.1) is 0 Å². The second kappa shape index (κ2) is 9.30. The van der Waals surface area contributed by atoms with Gasteiger partial charge in [0.2, 0.25) is 0 Å². The van der Waals surface area contributed by atoms with E-state index in [1.54, 1.807) is 31.4 Å². The van der Waals surface area contributed by atoms with Crippen molar-refractivity contribution in [1.29, 1.82) is 4.78 Å². The maximum atomic E-state index is 12.8. The Kier molecular flexibility index (Phi) is 6.51. The smallest absolute Gasteiger partial charge is 0.134 e. The third-order valence-electron chi connectivity index (χ3n) is 5.54. The van der Waals surface area contributed by atoms with E-state index in [0.29, 0.717) is 17.2 Å². The lowest BCUT2D eigenvalue weighted by molar-refractivity contribution is 0.414. The molecule has 3 aromatic rings. The van der Waals surface area contributed by atoms with E-state index >= 15 is 0 Å². The Hall–Kier alpha value is -2.54. The molecule has 7 heteroatoms. The summed E-state index contributed by atoms with van der Waals surface area (Å²) >= 11 is 6.32. The Morgan fingerprint density at radius 1 is 1.03 bits per heavy atom. The highest BCUT2D eigenvalue weighted by molar-refractivity contribution is 7.90. The van der Waals surface area contributed by atoms with Crippen molar-refractivity contribution in [2.45, 2.75) is 24.2 Å². The minimum atomic E-state index is -3.07. The van der Waals surface area contributed by atoms with Gasteiger partial charge in [0.15, 0.2) is 0 Å². The molecule has 0 aliphatic carbocycles. The molecule has 2 N–H and O–H groups in total. The molecular formula is C24H26ClN3O2S. The Balaban J connectivity index is 1.48.